The first-order chi connectivity index (χ1) is 13.3. The van der Waals surface area contributed by atoms with E-state index in [2.05, 4.69) is 5.10 Å². The third kappa shape index (κ3) is 3.24. The van der Waals surface area contributed by atoms with Gasteiger partial charge in [-0.1, -0.05) is 12.1 Å². The maximum absolute atomic E-state index is 14.4. The fourth-order valence-corrected chi connectivity index (χ4v) is 4.62. The summed E-state index contributed by atoms with van der Waals surface area (Å²) in [5, 5.41) is 13.9. The number of piperidine rings is 1. The smallest absolute Gasteiger partial charge is 0.211 e. The molecule has 0 bridgehead atoms. The van der Waals surface area contributed by atoms with E-state index in [1.165, 1.54) is 21.4 Å². The van der Waals surface area contributed by atoms with Gasteiger partial charge in [-0.05, 0) is 42.5 Å². The molecule has 1 unspecified atom stereocenters. The van der Waals surface area contributed by atoms with E-state index in [1.54, 1.807) is 12.1 Å². The molecule has 1 N–H and O–H groups in total. The van der Waals surface area contributed by atoms with Crippen molar-refractivity contribution in [1.29, 1.82) is 0 Å². The molecule has 0 spiro atoms. The Morgan fingerprint density at radius 1 is 1.21 bits per heavy atom. The molecule has 2 aromatic carbocycles. The van der Waals surface area contributed by atoms with Crippen molar-refractivity contribution in [1.82, 2.24) is 14.1 Å². The molecule has 3 aromatic rings. The fourth-order valence-electron chi connectivity index (χ4n) is 3.71. The highest BCUT2D eigenvalue weighted by molar-refractivity contribution is 7.88. The van der Waals surface area contributed by atoms with Crippen molar-refractivity contribution < 1.29 is 22.3 Å². The van der Waals surface area contributed by atoms with Crippen molar-refractivity contribution >= 4 is 20.9 Å². The van der Waals surface area contributed by atoms with E-state index in [9.17, 15) is 22.3 Å². The van der Waals surface area contributed by atoms with E-state index in [0.29, 0.717) is 18.8 Å². The molecular weight excluding hydrogens is 388 g/mol. The van der Waals surface area contributed by atoms with E-state index >= 15 is 0 Å². The Labute approximate surface area is 161 Å². The highest BCUT2D eigenvalue weighted by Crippen LogP contribution is 2.32. The van der Waals surface area contributed by atoms with Gasteiger partial charge in [0, 0.05) is 18.5 Å². The quantitative estimate of drug-likeness (QED) is 0.724. The SMILES string of the molecule is CS(=O)(=O)N1CCCC(c2ccc(-n3ncc4cc(F)c(O)c(F)c43)cc2)C1. The Hall–Kier alpha value is -2.52. The third-order valence-corrected chi connectivity index (χ3v) is 6.45. The number of benzene rings is 2. The number of rotatable bonds is 3. The summed E-state index contributed by atoms with van der Waals surface area (Å²) in [7, 11) is -3.22. The molecule has 4 rings (SSSR count). The highest BCUT2D eigenvalue weighted by Gasteiger charge is 2.27. The lowest BCUT2D eigenvalue weighted by Gasteiger charge is -2.31. The molecule has 6 nitrogen and oxygen atoms in total. The number of hydrogen-bond acceptors (Lipinski definition) is 4. The molecule has 0 saturated carbocycles. The summed E-state index contributed by atoms with van der Waals surface area (Å²) in [6.07, 6.45) is 4.23. The first kappa shape index (κ1) is 18.8. The summed E-state index contributed by atoms with van der Waals surface area (Å²) in [5.41, 5.74) is 1.54. The van der Waals surface area contributed by atoms with Gasteiger partial charge in [0.05, 0.1) is 18.1 Å². The topological polar surface area (TPSA) is 75.4 Å². The summed E-state index contributed by atoms with van der Waals surface area (Å²) in [6.45, 7) is 0.969. The Balaban J connectivity index is 1.66. The second-order valence-electron chi connectivity index (χ2n) is 7.07. The van der Waals surface area contributed by atoms with E-state index < -0.39 is 27.4 Å². The predicted molar refractivity (Wildman–Crippen MR) is 101 cm³/mol. The minimum absolute atomic E-state index is 0.00688. The summed E-state index contributed by atoms with van der Waals surface area (Å²) in [5.74, 6) is -3.05. The molecule has 1 aliphatic heterocycles. The normalized spacial score (nSPS) is 18.6. The van der Waals surface area contributed by atoms with E-state index in [-0.39, 0.29) is 16.8 Å². The molecule has 1 aromatic heterocycles. The van der Waals surface area contributed by atoms with Crippen LogP contribution in [-0.2, 0) is 10.0 Å². The van der Waals surface area contributed by atoms with Crippen LogP contribution in [0.2, 0.25) is 0 Å². The van der Waals surface area contributed by atoms with Crippen LogP contribution >= 0.6 is 0 Å². The van der Waals surface area contributed by atoms with Crippen LogP contribution in [-0.4, -0.2) is 47.0 Å². The lowest BCUT2D eigenvalue weighted by molar-refractivity contribution is 0.317. The molecule has 148 valence electrons. The van der Waals surface area contributed by atoms with Gasteiger partial charge in [0.2, 0.25) is 10.0 Å². The van der Waals surface area contributed by atoms with Gasteiger partial charge in [0.15, 0.2) is 17.4 Å². The van der Waals surface area contributed by atoms with Crippen LogP contribution in [0.1, 0.15) is 24.3 Å². The second kappa shape index (κ2) is 6.82. The van der Waals surface area contributed by atoms with Gasteiger partial charge in [-0.3, -0.25) is 0 Å². The molecule has 1 fully saturated rings. The van der Waals surface area contributed by atoms with Crippen molar-refractivity contribution in [2.24, 2.45) is 0 Å². The number of nitrogens with zero attached hydrogens (tertiary/aromatic N) is 3. The number of fused-ring (bicyclic) bond motifs is 1. The Bertz CT molecular complexity index is 1140. The molecule has 2 heterocycles. The van der Waals surface area contributed by atoms with E-state index in [0.717, 1.165) is 24.5 Å². The first-order valence-electron chi connectivity index (χ1n) is 8.86. The number of phenolic OH excluding ortho intramolecular Hbond substituents is 1. The summed E-state index contributed by atoms with van der Waals surface area (Å²) in [6, 6.07) is 8.26. The predicted octanol–water partition coefficient (Wildman–Crippen LogP) is 3.15. The van der Waals surface area contributed by atoms with E-state index in [1.807, 2.05) is 12.1 Å². The molecule has 9 heteroatoms. The summed E-state index contributed by atoms with van der Waals surface area (Å²) >= 11 is 0. The zero-order chi connectivity index (χ0) is 20.1. The van der Waals surface area contributed by atoms with E-state index in [4.69, 9.17) is 0 Å². The largest absolute Gasteiger partial charge is 0.503 e. The van der Waals surface area contributed by atoms with Gasteiger partial charge in [0.25, 0.3) is 0 Å². The third-order valence-electron chi connectivity index (χ3n) is 5.18. The van der Waals surface area contributed by atoms with Crippen LogP contribution in [0.4, 0.5) is 8.78 Å². The minimum atomic E-state index is -3.22. The fraction of sp³-hybridized carbons (Fsp3) is 0.316. The molecule has 1 aliphatic rings. The maximum atomic E-state index is 14.4. The molecule has 1 atom stereocenters. The molecule has 1 saturated heterocycles. The van der Waals surface area contributed by atoms with Crippen molar-refractivity contribution in [3.63, 3.8) is 0 Å². The molecule has 28 heavy (non-hydrogen) atoms. The van der Waals surface area contributed by atoms with Gasteiger partial charge in [-0.15, -0.1) is 0 Å². The summed E-state index contributed by atoms with van der Waals surface area (Å²) in [4.78, 5) is 0. The standard InChI is InChI=1S/C19H19F2N3O3S/c1-28(26,27)23-8-2-3-13(11-23)12-4-6-15(7-5-12)24-18-14(10-22-24)9-16(20)19(25)17(18)21/h4-7,9-10,13,25H,2-3,8,11H2,1H3. The zero-order valence-corrected chi connectivity index (χ0v) is 16.0. The van der Waals surface area contributed by atoms with Crippen LogP contribution in [0.5, 0.6) is 5.75 Å². The number of halogens is 2. The van der Waals surface area contributed by atoms with Crippen LogP contribution < -0.4 is 0 Å². The number of sulfonamides is 1. The Morgan fingerprint density at radius 2 is 1.93 bits per heavy atom. The van der Waals surface area contributed by atoms with Crippen LogP contribution in [0.3, 0.4) is 0 Å². The van der Waals surface area contributed by atoms with Gasteiger partial charge < -0.3 is 5.11 Å². The van der Waals surface area contributed by atoms with Crippen molar-refractivity contribution in [2.75, 3.05) is 19.3 Å². The first-order valence-corrected chi connectivity index (χ1v) is 10.7. The van der Waals surface area contributed by atoms with Gasteiger partial charge in [0.1, 0.15) is 5.52 Å². The highest BCUT2D eigenvalue weighted by atomic mass is 32.2. The lowest BCUT2D eigenvalue weighted by Crippen LogP contribution is -2.38. The van der Waals surface area contributed by atoms with Crippen molar-refractivity contribution in [3.8, 4) is 11.4 Å². The van der Waals surface area contributed by atoms with Gasteiger partial charge in [-0.25, -0.2) is 26.2 Å². The Kier molecular flexibility index (Phi) is 4.59. The number of aromatic nitrogens is 2. The molecule has 0 radical (unpaired) electrons. The maximum Gasteiger partial charge on any atom is 0.211 e. The van der Waals surface area contributed by atoms with Crippen molar-refractivity contribution in [3.05, 3.63) is 53.7 Å². The van der Waals surface area contributed by atoms with Crippen LogP contribution in [0.15, 0.2) is 36.5 Å². The lowest BCUT2D eigenvalue weighted by atomic mass is 9.91. The zero-order valence-electron chi connectivity index (χ0n) is 15.1. The molecular formula is C19H19F2N3O3S. The number of aromatic hydroxyl groups is 1. The van der Waals surface area contributed by atoms with Crippen LogP contribution in [0, 0.1) is 11.6 Å². The molecule has 0 aliphatic carbocycles. The number of hydrogen-bond donors (Lipinski definition) is 1. The average Bonchev–Trinajstić information content (AvgIpc) is 3.09. The summed E-state index contributed by atoms with van der Waals surface area (Å²) < 4.78 is 54.3. The van der Waals surface area contributed by atoms with Crippen LogP contribution in [0.25, 0.3) is 16.6 Å². The number of phenols is 1. The molecule has 0 amide bonds. The van der Waals surface area contributed by atoms with Crippen molar-refractivity contribution in [2.45, 2.75) is 18.8 Å². The van der Waals surface area contributed by atoms with Gasteiger partial charge >= 0.3 is 0 Å². The monoisotopic (exact) mass is 407 g/mol. The van der Waals surface area contributed by atoms with Gasteiger partial charge in [-0.2, -0.15) is 5.10 Å². The average molecular weight is 407 g/mol. The minimum Gasteiger partial charge on any atom is -0.503 e. The Morgan fingerprint density at radius 3 is 2.61 bits per heavy atom. The second-order valence-corrected chi connectivity index (χ2v) is 9.05.